The average molecular weight is 618 g/mol. The molecule has 0 amide bonds. The Labute approximate surface area is 194 Å². The normalized spacial score (nSPS) is 17.2. The summed E-state index contributed by atoms with van der Waals surface area (Å²) in [7, 11) is 0. The lowest BCUT2D eigenvalue weighted by atomic mass is 9.86. The van der Waals surface area contributed by atoms with Gasteiger partial charge in [0.05, 0.1) is 6.42 Å². The summed E-state index contributed by atoms with van der Waals surface area (Å²) in [5.74, 6) is -69.8. The highest BCUT2D eigenvalue weighted by Gasteiger charge is 2.96. The van der Waals surface area contributed by atoms with Crippen molar-refractivity contribution in [1.29, 1.82) is 0 Å². The molecule has 0 aliphatic carbocycles. The Morgan fingerprint density at radius 3 is 1.24 bits per heavy atom. The molecule has 2 nitrogen and oxygen atoms in total. The summed E-state index contributed by atoms with van der Waals surface area (Å²) >= 11 is 0. The van der Waals surface area contributed by atoms with E-state index in [-0.39, 0.29) is 6.08 Å². The molecule has 0 saturated carbocycles. The third-order valence-electron chi connectivity index (χ3n) is 4.28. The van der Waals surface area contributed by atoms with E-state index in [1.807, 2.05) is 0 Å². The van der Waals surface area contributed by atoms with Crippen molar-refractivity contribution in [3.8, 4) is 0 Å². The molecule has 0 aliphatic rings. The first-order valence-electron chi connectivity index (χ1n) is 8.46. The van der Waals surface area contributed by atoms with Gasteiger partial charge in [0, 0.05) is 6.08 Å². The first kappa shape index (κ1) is 35.7. The van der Waals surface area contributed by atoms with E-state index in [1.54, 1.807) is 0 Å². The Bertz CT molecular complexity index is 872. The average Bonchev–Trinajstić information content (AvgIpc) is 2.70. The SMILES string of the molecule is C=CC(=O)OC(F)CC(F)(F)C(F)C(F)(F)C(F)(F)C(F)(F)C(F)(F)C(F)(F)C(F)(F)C(F)(F)C(F)(F)F. The van der Waals surface area contributed by atoms with E-state index < -0.39 is 78.5 Å². The van der Waals surface area contributed by atoms with Crippen molar-refractivity contribution >= 4 is 5.97 Å². The van der Waals surface area contributed by atoms with Crippen LogP contribution in [0.15, 0.2) is 12.7 Å². The van der Waals surface area contributed by atoms with E-state index in [1.165, 1.54) is 0 Å². The van der Waals surface area contributed by atoms with E-state index in [9.17, 15) is 97.0 Å². The largest absolute Gasteiger partial charge is 0.460 e. The lowest BCUT2D eigenvalue weighted by Gasteiger charge is -2.43. The highest BCUT2D eigenvalue weighted by molar-refractivity contribution is 5.81. The van der Waals surface area contributed by atoms with Crippen molar-refractivity contribution in [2.24, 2.45) is 0 Å². The minimum atomic E-state index is -9.11. The van der Waals surface area contributed by atoms with Gasteiger partial charge in [0.1, 0.15) is 0 Å². The molecule has 0 bridgehead atoms. The molecule has 0 rings (SSSR count). The van der Waals surface area contributed by atoms with Gasteiger partial charge in [0.25, 0.3) is 5.92 Å². The summed E-state index contributed by atoms with van der Waals surface area (Å²) in [6.07, 6.45) is -21.6. The summed E-state index contributed by atoms with van der Waals surface area (Å²) in [4.78, 5) is 10.6. The van der Waals surface area contributed by atoms with Crippen LogP contribution in [0.5, 0.6) is 0 Å². The fourth-order valence-electron chi connectivity index (χ4n) is 2.13. The number of alkyl halides is 21. The van der Waals surface area contributed by atoms with Gasteiger partial charge < -0.3 is 4.74 Å². The lowest BCUT2D eigenvalue weighted by molar-refractivity contribution is -0.465. The number of halogens is 21. The van der Waals surface area contributed by atoms with Crippen LogP contribution in [0.4, 0.5) is 92.2 Å². The molecule has 0 aromatic rings. The second-order valence-electron chi connectivity index (χ2n) is 6.95. The Balaban J connectivity index is 6.70. The minimum Gasteiger partial charge on any atom is -0.428 e. The Kier molecular flexibility index (Phi) is 9.16. The first-order valence-corrected chi connectivity index (χ1v) is 8.46. The number of rotatable bonds is 12. The van der Waals surface area contributed by atoms with Gasteiger partial charge in [-0.25, -0.2) is 22.4 Å². The minimum absolute atomic E-state index is 0.0265. The van der Waals surface area contributed by atoms with Crippen LogP contribution in [0.25, 0.3) is 0 Å². The zero-order valence-corrected chi connectivity index (χ0v) is 16.9. The molecule has 38 heavy (non-hydrogen) atoms. The highest BCUT2D eigenvalue weighted by Crippen LogP contribution is 2.64. The third-order valence-corrected chi connectivity index (χ3v) is 4.28. The van der Waals surface area contributed by atoms with Crippen LogP contribution in [-0.4, -0.2) is 72.1 Å². The summed E-state index contributed by atoms with van der Waals surface area (Å²) in [5, 5.41) is 0. The van der Waals surface area contributed by atoms with E-state index in [0.29, 0.717) is 0 Å². The van der Waals surface area contributed by atoms with Crippen molar-refractivity contribution in [2.75, 3.05) is 0 Å². The van der Waals surface area contributed by atoms with Gasteiger partial charge in [-0.15, -0.1) is 0 Å². The molecule has 0 aromatic carbocycles. The number of esters is 1. The van der Waals surface area contributed by atoms with E-state index >= 15 is 0 Å². The summed E-state index contributed by atoms with van der Waals surface area (Å²) < 4.78 is 279. The number of hydrogen-bond donors (Lipinski definition) is 0. The van der Waals surface area contributed by atoms with Crippen molar-refractivity contribution < 1.29 is 102 Å². The Morgan fingerprint density at radius 1 is 0.605 bits per heavy atom. The van der Waals surface area contributed by atoms with E-state index in [0.717, 1.165) is 0 Å². The Hall–Kier alpha value is -2.26. The van der Waals surface area contributed by atoms with Crippen LogP contribution < -0.4 is 0 Å². The van der Waals surface area contributed by atoms with Gasteiger partial charge in [-0.1, -0.05) is 6.58 Å². The molecule has 0 heterocycles. The number of carbonyl (C=O) groups excluding carboxylic acids is 1. The molecule has 0 aliphatic heterocycles. The second-order valence-corrected chi connectivity index (χ2v) is 6.95. The topological polar surface area (TPSA) is 26.3 Å². The zero-order chi connectivity index (χ0) is 31.4. The molecular weight excluding hydrogens is 611 g/mol. The Morgan fingerprint density at radius 2 is 0.921 bits per heavy atom. The molecule has 0 spiro atoms. The van der Waals surface area contributed by atoms with Crippen LogP contribution in [0.1, 0.15) is 6.42 Å². The molecular formula is C15H7F21O2. The summed E-state index contributed by atoms with van der Waals surface area (Å²) in [6.45, 7) is 2.53. The van der Waals surface area contributed by atoms with Crippen molar-refractivity contribution in [1.82, 2.24) is 0 Å². The smallest absolute Gasteiger partial charge is 0.428 e. The van der Waals surface area contributed by atoms with Gasteiger partial charge in [-0.2, -0.15) is 74.6 Å². The van der Waals surface area contributed by atoms with Gasteiger partial charge >= 0.3 is 53.6 Å². The molecule has 226 valence electrons. The van der Waals surface area contributed by atoms with Crippen LogP contribution in [0.2, 0.25) is 0 Å². The van der Waals surface area contributed by atoms with Crippen LogP contribution in [0, 0.1) is 0 Å². The third kappa shape index (κ3) is 5.16. The van der Waals surface area contributed by atoms with Crippen molar-refractivity contribution in [3.63, 3.8) is 0 Å². The maximum absolute atomic E-state index is 13.6. The first-order chi connectivity index (χ1) is 16.3. The zero-order valence-electron chi connectivity index (χ0n) is 16.9. The fraction of sp³-hybridized carbons (Fsp3) is 0.800. The quantitative estimate of drug-likeness (QED) is 0.130. The van der Waals surface area contributed by atoms with Gasteiger partial charge in [0.2, 0.25) is 12.5 Å². The van der Waals surface area contributed by atoms with Crippen LogP contribution >= 0.6 is 0 Å². The van der Waals surface area contributed by atoms with Crippen molar-refractivity contribution in [3.05, 3.63) is 12.7 Å². The second kappa shape index (κ2) is 9.73. The number of hydrogen-bond acceptors (Lipinski definition) is 2. The van der Waals surface area contributed by atoms with Crippen molar-refractivity contribution in [2.45, 2.75) is 72.5 Å². The summed E-state index contributed by atoms with van der Waals surface area (Å²) in [6, 6.07) is 0. The lowest BCUT2D eigenvalue weighted by Crippen LogP contribution is -2.75. The van der Waals surface area contributed by atoms with E-state index in [2.05, 4.69) is 11.3 Å². The maximum Gasteiger partial charge on any atom is 0.460 e. The predicted octanol–water partition coefficient (Wildman–Crippen LogP) is 7.38. The molecule has 0 fully saturated rings. The molecule has 0 N–H and O–H groups in total. The fourth-order valence-corrected chi connectivity index (χ4v) is 2.13. The molecule has 2 atom stereocenters. The van der Waals surface area contributed by atoms with Gasteiger partial charge in [-0.05, 0) is 0 Å². The van der Waals surface area contributed by atoms with E-state index in [4.69, 9.17) is 0 Å². The van der Waals surface area contributed by atoms with Gasteiger partial charge in [-0.3, -0.25) is 0 Å². The molecule has 2 unspecified atom stereocenters. The number of carbonyl (C=O) groups is 1. The highest BCUT2D eigenvalue weighted by atomic mass is 19.4. The monoisotopic (exact) mass is 618 g/mol. The summed E-state index contributed by atoms with van der Waals surface area (Å²) in [5.41, 5.74) is 0. The molecule has 0 aromatic heterocycles. The maximum atomic E-state index is 13.6. The number of ether oxygens (including phenoxy) is 1. The molecule has 0 radical (unpaired) electrons. The molecule has 23 heteroatoms. The van der Waals surface area contributed by atoms with Gasteiger partial charge in [0.15, 0.2) is 0 Å². The van der Waals surface area contributed by atoms with Crippen LogP contribution in [-0.2, 0) is 9.53 Å². The standard InChI is InChI=1S/C15H7F21O2/c1-2-5(37)38-4(16)3-7(18,19)6(17)8(20,21)9(22,23)10(24,25)11(26,27)12(28,29)13(30,31)14(32,33)15(34,35)36/h2,4,6H,1,3H2. The van der Waals surface area contributed by atoms with Crippen LogP contribution in [0.3, 0.4) is 0 Å². The predicted molar refractivity (Wildman–Crippen MR) is 76.3 cm³/mol. The molecule has 0 saturated heterocycles.